The molecule has 188 valence electrons. The molecule has 12 heteroatoms. The van der Waals surface area contributed by atoms with E-state index in [-0.39, 0.29) is 49.7 Å². The van der Waals surface area contributed by atoms with Crippen molar-refractivity contribution in [3.63, 3.8) is 0 Å². The lowest BCUT2D eigenvalue weighted by Crippen LogP contribution is -2.65. The summed E-state index contributed by atoms with van der Waals surface area (Å²) in [4.78, 5) is 47.0. The number of nitrogens with two attached hydrogens (primary N) is 1. The molecule has 2 aromatic carbocycles. The summed E-state index contributed by atoms with van der Waals surface area (Å²) in [7, 11) is 3.10. The lowest BCUT2D eigenvalue weighted by molar-refractivity contribution is -0.157. The average molecular weight is 512 g/mol. The van der Waals surface area contributed by atoms with Crippen LogP contribution in [0, 0.1) is 5.82 Å². The minimum Gasteiger partial charge on any atom is -0.375 e. The van der Waals surface area contributed by atoms with Crippen LogP contribution in [0.15, 0.2) is 42.5 Å². The number of carbonyl (C=O) groups is 3. The quantitative estimate of drug-likeness (QED) is 0.538. The van der Waals surface area contributed by atoms with Crippen LogP contribution in [0.25, 0.3) is 10.2 Å². The molecule has 0 bridgehead atoms. The lowest BCUT2D eigenvalue weighted by atomic mass is 10.00. The van der Waals surface area contributed by atoms with E-state index in [2.05, 4.69) is 10.3 Å². The van der Waals surface area contributed by atoms with Crippen molar-refractivity contribution < 1.29 is 18.8 Å². The summed E-state index contributed by atoms with van der Waals surface area (Å²) in [5, 5.41) is 6.05. The van der Waals surface area contributed by atoms with E-state index in [4.69, 9.17) is 5.73 Å². The monoisotopic (exact) mass is 511 g/mol. The number of aromatic nitrogens is 1. The molecule has 2 atom stereocenters. The molecular weight excluding hydrogens is 485 g/mol. The van der Waals surface area contributed by atoms with Gasteiger partial charge in [-0.1, -0.05) is 35.6 Å². The zero-order chi connectivity index (χ0) is 25.6. The van der Waals surface area contributed by atoms with E-state index in [0.717, 1.165) is 21.3 Å². The molecule has 0 radical (unpaired) electrons. The third-order valence-corrected chi connectivity index (χ3v) is 7.53. The number of nitrogens with one attached hydrogen (secondary N) is 1. The summed E-state index contributed by atoms with van der Waals surface area (Å²) in [6.45, 7) is 0.449. The molecule has 10 nitrogen and oxygen atoms in total. The van der Waals surface area contributed by atoms with Crippen molar-refractivity contribution >= 4 is 44.5 Å². The van der Waals surface area contributed by atoms with Crippen molar-refractivity contribution in [3.05, 3.63) is 59.4 Å². The number of para-hydroxylation sites is 1. The van der Waals surface area contributed by atoms with Gasteiger partial charge in [-0.15, -0.1) is 0 Å². The van der Waals surface area contributed by atoms with E-state index in [9.17, 15) is 18.8 Å². The van der Waals surface area contributed by atoms with E-state index in [1.54, 1.807) is 34.0 Å². The van der Waals surface area contributed by atoms with Crippen LogP contribution in [-0.4, -0.2) is 82.0 Å². The number of anilines is 1. The maximum absolute atomic E-state index is 13.8. The molecule has 0 spiro atoms. The van der Waals surface area contributed by atoms with Crippen LogP contribution in [-0.2, 0) is 22.6 Å². The number of fused-ring (bicyclic) bond motifs is 2. The molecule has 2 fully saturated rings. The van der Waals surface area contributed by atoms with Crippen molar-refractivity contribution in [1.82, 2.24) is 30.1 Å². The highest BCUT2D eigenvalue weighted by Crippen LogP contribution is 2.32. The van der Waals surface area contributed by atoms with Gasteiger partial charge in [-0.3, -0.25) is 14.6 Å². The standard InChI is InChI=1S/C24H26FN7O3S/c1-27-24(35)29(2)31-13-20(33)32-17(10-14-6-8-16(25)9-7-14)22(34)30(12-19(31)32)11-15-4-3-5-18-21(15)28-23(26)36-18/h3-9,17,19H,10-13H2,1-2H3,(H2,26,28)(H,27,35)/t17-,19+/m0/s1. The molecular formula is C24H26FN7O3S. The first-order valence-corrected chi connectivity index (χ1v) is 12.3. The minimum absolute atomic E-state index is 0.0339. The number of hydrogen-bond donors (Lipinski definition) is 2. The first kappa shape index (κ1) is 23.9. The Hall–Kier alpha value is -3.77. The number of hydrogen-bond acceptors (Lipinski definition) is 7. The number of benzene rings is 2. The van der Waals surface area contributed by atoms with Gasteiger partial charge in [0, 0.05) is 27.1 Å². The number of thiazole rings is 1. The van der Waals surface area contributed by atoms with Gasteiger partial charge in [0.05, 0.1) is 23.3 Å². The Bertz CT molecular complexity index is 1330. The Labute approximate surface area is 211 Å². The van der Waals surface area contributed by atoms with Gasteiger partial charge >= 0.3 is 6.03 Å². The second-order valence-electron chi connectivity index (χ2n) is 8.84. The number of hydrazine groups is 1. The third-order valence-electron chi connectivity index (χ3n) is 6.68. The minimum atomic E-state index is -0.801. The normalized spacial score (nSPS) is 20.2. The number of amides is 4. The largest absolute Gasteiger partial charge is 0.375 e. The first-order chi connectivity index (χ1) is 17.3. The van der Waals surface area contributed by atoms with Crippen LogP contribution in [0.2, 0.25) is 0 Å². The molecule has 36 heavy (non-hydrogen) atoms. The van der Waals surface area contributed by atoms with Crippen LogP contribution < -0.4 is 11.1 Å². The van der Waals surface area contributed by atoms with Crippen molar-refractivity contribution in [1.29, 1.82) is 0 Å². The van der Waals surface area contributed by atoms with Crippen LogP contribution in [0.3, 0.4) is 0 Å². The molecule has 0 saturated carbocycles. The Balaban J connectivity index is 1.50. The number of halogens is 1. The van der Waals surface area contributed by atoms with Crippen molar-refractivity contribution in [3.8, 4) is 0 Å². The summed E-state index contributed by atoms with van der Waals surface area (Å²) in [6.07, 6.45) is -0.314. The fourth-order valence-electron chi connectivity index (χ4n) is 4.93. The maximum Gasteiger partial charge on any atom is 0.331 e. The van der Waals surface area contributed by atoms with Crippen LogP contribution in [0.5, 0.6) is 0 Å². The molecule has 0 unspecified atom stereocenters. The fourth-order valence-corrected chi connectivity index (χ4v) is 5.71. The number of carbonyl (C=O) groups excluding carboxylic acids is 3. The zero-order valence-electron chi connectivity index (χ0n) is 19.8. The number of rotatable bonds is 5. The molecule has 3 heterocycles. The first-order valence-electron chi connectivity index (χ1n) is 11.5. The van der Waals surface area contributed by atoms with Gasteiger partial charge in [-0.05, 0) is 29.3 Å². The highest BCUT2D eigenvalue weighted by Gasteiger charge is 2.51. The van der Waals surface area contributed by atoms with Crippen molar-refractivity contribution in [2.45, 2.75) is 25.2 Å². The van der Waals surface area contributed by atoms with E-state index >= 15 is 0 Å². The molecule has 2 aliphatic heterocycles. The van der Waals surface area contributed by atoms with Gasteiger partial charge in [0.1, 0.15) is 18.0 Å². The molecule has 3 N–H and O–H groups in total. The second kappa shape index (κ2) is 9.36. The molecule has 2 aliphatic rings. The zero-order valence-corrected chi connectivity index (χ0v) is 20.7. The Morgan fingerprint density at radius 2 is 2.00 bits per heavy atom. The Morgan fingerprint density at radius 3 is 2.72 bits per heavy atom. The second-order valence-corrected chi connectivity index (χ2v) is 9.90. The van der Waals surface area contributed by atoms with E-state index in [1.165, 1.54) is 35.5 Å². The van der Waals surface area contributed by atoms with Gasteiger partial charge in [-0.2, -0.15) is 5.01 Å². The van der Waals surface area contributed by atoms with Gasteiger partial charge in [0.25, 0.3) is 0 Å². The van der Waals surface area contributed by atoms with Gasteiger partial charge in [-0.25, -0.2) is 14.2 Å². The highest BCUT2D eigenvalue weighted by molar-refractivity contribution is 7.22. The van der Waals surface area contributed by atoms with E-state index in [0.29, 0.717) is 5.13 Å². The summed E-state index contributed by atoms with van der Waals surface area (Å²) in [5.41, 5.74) is 8.24. The van der Waals surface area contributed by atoms with E-state index in [1.807, 2.05) is 18.2 Å². The van der Waals surface area contributed by atoms with Gasteiger partial charge in [0.2, 0.25) is 11.8 Å². The molecule has 4 amide bonds. The average Bonchev–Trinajstić information content (AvgIpc) is 3.41. The smallest absolute Gasteiger partial charge is 0.331 e. The van der Waals surface area contributed by atoms with Crippen LogP contribution >= 0.6 is 11.3 Å². The maximum atomic E-state index is 13.8. The Kier molecular flexibility index (Phi) is 6.22. The van der Waals surface area contributed by atoms with Crippen LogP contribution in [0.1, 0.15) is 11.1 Å². The SMILES string of the molecule is CNC(=O)N(C)N1CC(=O)N2[C@@H](Cc3ccc(F)cc3)C(=O)N(Cc3cccc4sc(N)nc34)C[C@@H]21. The Morgan fingerprint density at radius 1 is 1.25 bits per heavy atom. The fraction of sp³-hybridized carbons (Fsp3) is 0.333. The summed E-state index contributed by atoms with van der Waals surface area (Å²) < 4.78 is 14.4. The van der Waals surface area contributed by atoms with Gasteiger partial charge < -0.3 is 20.9 Å². The summed E-state index contributed by atoms with van der Waals surface area (Å²) in [6, 6.07) is 10.5. The van der Waals surface area contributed by atoms with E-state index < -0.39 is 12.2 Å². The number of nitrogen functional groups attached to an aromatic ring is 1. The predicted octanol–water partition coefficient (Wildman–Crippen LogP) is 1.63. The number of urea groups is 1. The van der Waals surface area contributed by atoms with Crippen molar-refractivity contribution in [2.75, 3.05) is 32.9 Å². The molecule has 0 aliphatic carbocycles. The number of nitrogens with zero attached hydrogens (tertiary/aromatic N) is 5. The lowest BCUT2D eigenvalue weighted by Gasteiger charge is -2.45. The summed E-state index contributed by atoms with van der Waals surface area (Å²) in [5.74, 6) is -0.835. The van der Waals surface area contributed by atoms with Gasteiger partial charge in [0.15, 0.2) is 5.13 Å². The molecule has 2 saturated heterocycles. The third kappa shape index (κ3) is 4.22. The molecule has 5 rings (SSSR count). The summed E-state index contributed by atoms with van der Waals surface area (Å²) >= 11 is 1.38. The molecule has 3 aromatic rings. The predicted molar refractivity (Wildman–Crippen MR) is 133 cm³/mol. The van der Waals surface area contributed by atoms with Crippen molar-refractivity contribution in [2.24, 2.45) is 0 Å². The highest BCUT2D eigenvalue weighted by atomic mass is 32.1. The number of piperazine rings is 1. The van der Waals surface area contributed by atoms with Crippen LogP contribution in [0.4, 0.5) is 14.3 Å². The topological polar surface area (TPSA) is 115 Å². The molecule has 1 aromatic heterocycles.